The van der Waals surface area contributed by atoms with Crippen LogP contribution in [0.1, 0.15) is 89.2 Å². The van der Waals surface area contributed by atoms with E-state index in [9.17, 15) is 0 Å². The second-order valence-electron chi connectivity index (χ2n) is 7.68. The summed E-state index contributed by atoms with van der Waals surface area (Å²) in [6.45, 7) is 4.50. The average Bonchev–Trinajstić information content (AvgIpc) is 3.12. The molecule has 0 fully saturated rings. The lowest BCUT2D eigenvalue weighted by molar-refractivity contribution is 0.679. The van der Waals surface area contributed by atoms with E-state index in [1.807, 2.05) is 11.3 Å². The molecule has 0 aliphatic rings. The normalized spacial score (nSPS) is 10.6. The maximum absolute atomic E-state index is 3.53. The van der Waals surface area contributed by atoms with Gasteiger partial charge < -0.3 is 0 Å². The van der Waals surface area contributed by atoms with Crippen LogP contribution in [0.2, 0.25) is 0 Å². The van der Waals surface area contributed by atoms with Crippen molar-refractivity contribution in [1.82, 2.24) is 0 Å². The fourth-order valence-corrected chi connectivity index (χ4v) is 4.75. The molecule has 0 spiro atoms. The van der Waals surface area contributed by atoms with Crippen LogP contribution in [0.25, 0.3) is 20.2 Å². The molecule has 3 rings (SSSR count). The molecule has 0 N–H and O–H groups in total. The van der Waals surface area contributed by atoms with Crippen molar-refractivity contribution in [1.29, 1.82) is 0 Å². The van der Waals surface area contributed by atoms with E-state index < -0.39 is 0 Å². The molecule has 0 aliphatic heterocycles. The highest BCUT2D eigenvalue weighted by molar-refractivity contribution is 7.25. The highest BCUT2D eigenvalue weighted by Gasteiger charge is 2.11. The largest absolute Gasteiger partial charge is 0.135 e. The first-order valence-corrected chi connectivity index (χ1v) is 12.1. The number of thiophene rings is 1. The molecule has 1 heteroatoms. The van der Waals surface area contributed by atoms with Crippen molar-refractivity contribution in [3.63, 3.8) is 0 Å². The lowest BCUT2D eigenvalue weighted by Gasteiger charge is -2.01. The Kier molecular flexibility index (Phi) is 8.67. The first kappa shape index (κ1) is 21.5. The Balaban J connectivity index is 1.91. The summed E-state index contributed by atoms with van der Waals surface area (Å²) in [7, 11) is 0. The van der Waals surface area contributed by atoms with E-state index in [0.29, 0.717) is 0 Å². The van der Waals surface area contributed by atoms with Crippen molar-refractivity contribution in [2.75, 3.05) is 0 Å². The summed E-state index contributed by atoms with van der Waals surface area (Å²) >= 11 is 1.86. The molecule has 0 amide bonds. The minimum absolute atomic E-state index is 0.975. The van der Waals surface area contributed by atoms with Crippen molar-refractivity contribution in [3.05, 3.63) is 47.5 Å². The summed E-state index contributed by atoms with van der Waals surface area (Å²) < 4.78 is 2.65. The van der Waals surface area contributed by atoms with Crippen molar-refractivity contribution >= 4 is 31.5 Å². The summed E-state index contributed by atoms with van der Waals surface area (Å²) in [5, 5.41) is 2.61. The van der Waals surface area contributed by atoms with Crippen molar-refractivity contribution < 1.29 is 0 Å². The second-order valence-corrected chi connectivity index (χ2v) is 8.77. The van der Waals surface area contributed by atoms with Gasteiger partial charge in [0.05, 0.1) is 0 Å². The minimum Gasteiger partial charge on any atom is -0.135 e. The van der Waals surface area contributed by atoms with Crippen molar-refractivity contribution in [2.24, 2.45) is 0 Å². The lowest BCUT2D eigenvalue weighted by Crippen LogP contribution is -1.86. The molecule has 29 heavy (non-hydrogen) atoms. The van der Waals surface area contributed by atoms with E-state index in [2.05, 4.69) is 73.9 Å². The summed E-state index contributed by atoms with van der Waals surface area (Å²) in [6.07, 6.45) is 12.1. The van der Waals surface area contributed by atoms with Gasteiger partial charge in [0.2, 0.25) is 0 Å². The van der Waals surface area contributed by atoms with Crippen LogP contribution in [-0.2, 0) is 0 Å². The van der Waals surface area contributed by atoms with Crippen LogP contribution in [0.4, 0.5) is 0 Å². The Hall–Kier alpha value is -2.22. The van der Waals surface area contributed by atoms with E-state index in [-0.39, 0.29) is 0 Å². The Morgan fingerprint density at radius 3 is 2.10 bits per heavy atom. The quantitative estimate of drug-likeness (QED) is 0.262. The van der Waals surface area contributed by atoms with E-state index in [1.54, 1.807) is 0 Å². The van der Waals surface area contributed by atoms with Gasteiger partial charge in [-0.05, 0) is 31.0 Å². The maximum atomic E-state index is 3.53. The van der Waals surface area contributed by atoms with Crippen molar-refractivity contribution in [2.45, 2.75) is 78.1 Å². The van der Waals surface area contributed by atoms with Gasteiger partial charge in [-0.1, -0.05) is 94.3 Å². The molecule has 1 aromatic heterocycles. The van der Waals surface area contributed by atoms with Gasteiger partial charge in [0, 0.05) is 44.1 Å². The van der Waals surface area contributed by atoms with Crippen LogP contribution in [0.3, 0.4) is 0 Å². The Labute approximate surface area is 180 Å². The van der Waals surface area contributed by atoms with Gasteiger partial charge in [-0.3, -0.25) is 0 Å². The number of hydrogen-bond acceptors (Lipinski definition) is 1. The fraction of sp³-hybridized carbons (Fsp3) is 0.429. The third kappa shape index (κ3) is 5.88. The topological polar surface area (TPSA) is 0 Å². The standard InChI is InChI=1S/C28H32S/c1-3-5-7-9-11-13-17-23-21-22-27-28(25-19-15-16-20-26(25)29-27)24(23)18-14-12-10-8-6-4-2/h15-16,19-22H,3-12H2,1-2H3. The summed E-state index contributed by atoms with van der Waals surface area (Å²) in [5.41, 5.74) is 2.23. The summed E-state index contributed by atoms with van der Waals surface area (Å²) in [5.74, 6) is 13.8. The first-order chi connectivity index (χ1) is 14.3. The molecule has 150 valence electrons. The number of unbranched alkanes of at least 4 members (excludes halogenated alkanes) is 8. The first-order valence-electron chi connectivity index (χ1n) is 11.3. The van der Waals surface area contributed by atoms with Crippen LogP contribution in [0, 0.1) is 23.7 Å². The zero-order chi connectivity index (χ0) is 20.3. The van der Waals surface area contributed by atoms with Gasteiger partial charge in [-0.2, -0.15) is 0 Å². The molecule has 2 aromatic carbocycles. The highest BCUT2D eigenvalue weighted by Crippen LogP contribution is 2.36. The van der Waals surface area contributed by atoms with E-state index in [1.165, 1.54) is 71.5 Å². The molecule has 0 nitrogen and oxygen atoms in total. The van der Waals surface area contributed by atoms with E-state index in [0.717, 1.165) is 24.0 Å². The van der Waals surface area contributed by atoms with Gasteiger partial charge in [0.15, 0.2) is 0 Å². The highest BCUT2D eigenvalue weighted by atomic mass is 32.1. The predicted molar refractivity (Wildman–Crippen MR) is 131 cm³/mol. The minimum atomic E-state index is 0.975. The molecule has 3 aromatic rings. The predicted octanol–water partition coefficient (Wildman–Crippen LogP) is 8.70. The Morgan fingerprint density at radius 1 is 0.690 bits per heavy atom. The summed E-state index contributed by atoms with van der Waals surface area (Å²) in [4.78, 5) is 0. The third-order valence-corrected chi connectivity index (χ3v) is 6.43. The monoisotopic (exact) mass is 400 g/mol. The molecule has 0 atom stereocenters. The van der Waals surface area contributed by atoms with E-state index in [4.69, 9.17) is 0 Å². The molecule has 0 radical (unpaired) electrons. The molecular weight excluding hydrogens is 368 g/mol. The lowest BCUT2D eigenvalue weighted by atomic mass is 10.0. The Bertz CT molecular complexity index is 1050. The van der Waals surface area contributed by atoms with Gasteiger partial charge in [-0.25, -0.2) is 0 Å². The average molecular weight is 401 g/mol. The number of hydrogen-bond donors (Lipinski definition) is 0. The zero-order valence-electron chi connectivity index (χ0n) is 17.9. The molecule has 1 heterocycles. The zero-order valence-corrected chi connectivity index (χ0v) is 18.8. The fourth-order valence-electron chi connectivity index (χ4n) is 3.64. The van der Waals surface area contributed by atoms with Crippen LogP contribution in [-0.4, -0.2) is 0 Å². The Morgan fingerprint density at radius 2 is 1.38 bits per heavy atom. The SMILES string of the molecule is CCCCCCC#Cc1ccc2sc3ccccc3c2c1C#CCCCCCC. The van der Waals surface area contributed by atoms with Crippen LogP contribution < -0.4 is 0 Å². The molecule has 0 bridgehead atoms. The molecule has 0 aliphatic carbocycles. The summed E-state index contributed by atoms with van der Waals surface area (Å²) in [6, 6.07) is 13.1. The number of benzene rings is 2. The van der Waals surface area contributed by atoms with Crippen LogP contribution >= 0.6 is 11.3 Å². The van der Waals surface area contributed by atoms with Crippen molar-refractivity contribution in [3.8, 4) is 23.7 Å². The van der Waals surface area contributed by atoms with Crippen LogP contribution in [0.5, 0.6) is 0 Å². The molecule has 0 saturated carbocycles. The third-order valence-electron chi connectivity index (χ3n) is 5.29. The van der Waals surface area contributed by atoms with E-state index >= 15 is 0 Å². The molecule has 0 saturated heterocycles. The van der Waals surface area contributed by atoms with Gasteiger partial charge >= 0.3 is 0 Å². The van der Waals surface area contributed by atoms with Gasteiger partial charge in [-0.15, -0.1) is 11.3 Å². The number of fused-ring (bicyclic) bond motifs is 3. The molecule has 0 unspecified atom stereocenters. The number of rotatable bonds is 8. The molecular formula is C28H32S. The smallest absolute Gasteiger partial charge is 0.0495 e. The van der Waals surface area contributed by atoms with Gasteiger partial charge in [0.1, 0.15) is 0 Å². The van der Waals surface area contributed by atoms with Gasteiger partial charge in [0.25, 0.3) is 0 Å². The maximum Gasteiger partial charge on any atom is 0.0495 e. The van der Waals surface area contributed by atoms with Crippen LogP contribution in [0.15, 0.2) is 36.4 Å². The second kappa shape index (κ2) is 11.7.